The number of amides is 3. The number of hydrogen-bond donors (Lipinski definition) is 2. The van der Waals surface area contributed by atoms with Crippen LogP contribution < -0.4 is 15.5 Å². The molecule has 42 heavy (non-hydrogen) atoms. The van der Waals surface area contributed by atoms with Gasteiger partial charge in [-0.3, -0.25) is 19.7 Å². The van der Waals surface area contributed by atoms with E-state index < -0.39 is 61.3 Å². The van der Waals surface area contributed by atoms with E-state index in [1.165, 1.54) is 4.90 Å². The number of nitrogens with zero attached hydrogens (tertiary/aromatic N) is 2. The molecule has 1 unspecified atom stereocenters. The first-order valence-electron chi connectivity index (χ1n) is 13.9. The number of halogens is 8. The van der Waals surface area contributed by atoms with E-state index in [4.69, 9.17) is 0 Å². The zero-order chi connectivity index (χ0) is 30.9. The molecule has 7 nitrogen and oxygen atoms in total. The van der Waals surface area contributed by atoms with E-state index >= 15 is 0 Å². The Labute approximate surface area is 237 Å². The van der Waals surface area contributed by atoms with Gasteiger partial charge in [0.05, 0.1) is 6.42 Å². The predicted molar refractivity (Wildman–Crippen MR) is 135 cm³/mol. The van der Waals surface area contributed by atoms with Gasteiger partial charge in [-0.2, -0.15) is 35.1 Å². The fourth-order valence-electron chi connectivity index (χ4n) is 5.96. The Morgan fingerprint density at radius 3 is 2.24 bits per heavy atom. The van der Waals surface area contributed by atoms with Gasteiger partial charge in [0.15, 0.2) is 0 Å². The molecule has 1 saturated carbocycles. The maximum atomic E-state index is 13.7. The minimum absolute atomic E-state index is 0.0137. The maximum Gasteiger partial charge on any atom is 0.453 e. The second kappa shape index (κ2) is 12.3. The third kappa shape index (κ3) is 7.32. The molecule has 1 aromatic rings. The van der Waals surface area contributed by atoms with E-state index in [0.29, 0.717) is 36.9 Å². The second-order valence-electron chi connectivity index (χ2n) is 11.0. The Hall–Kier alpha value is -2.97. The van der Waals surface area contributed by atoms with Crippen molar-refractivity contribution in [2.75, 3.05) is 18.0 Å². The van der Waals surface area contributed by atoms with Crippen LogP contribution in [0.15, 0.2) is 18.2 Å². The van der Waals surface area contributed by atoms with Crippen LogP contribution in [0.1, 0.15) is 73.7 Å². The molecule has 2 fully saturated rings. The number of imide groups is 1. The van der Waals surface area contributed by atoms with Gasteiger partial charge in [-0.25, -0.2) is 0 Å². The van der Waals surface area contributed by atoms with Crippen LogP contribution in [0.25, 0.3) is 0 Å². The summed E-state index contributed by atoms with van der Waals surface area (Å²) in [5, 5.41) is 5.09. The van der Waals surface area contributed by atoms with Crippen LogP contribution in [-0.2, 0) is 16.1 Å². The molecule has 15 heteroatoms. The van der Waals surface area contributed by atoms with Crippen molar-refractivity contribution < 1.29 is 49.5 Å². The highest BCUT2D eigenvalue weighted by atomic mass is 19.4. The highest BCUT2D eigenvalue weighted by Gasteiger charge is 2.56. The molecule has 1 atom stereocenters. The quantitative estimate of drug-likeness (QED) is 0.285. The smallest absolute Gasteiger partial charge is 0.368 e. The molecule has 0 radical (unpaired) electrons. The molecule has 1 saturated heterocycles. The third-order valence-electron chi connectivity index (χ3n) is 8.15. The van der Waals surface area contributed by atoms with Crippen LogP contribution in [0.2, 0.25) is 0 Å². The van der Waals surface area contributed by atoms with Crippen molar-refractivity contribution in [1.29, 1.82) is 0 Å². The minimum Gasteiger partial charge on any atom is -0.368 e. The number of carbonyl (C=O) groups is 3. The van der Waals surface area contributed by atoms with Gasteiger partial charge < -0.3 is 15.1 Å². The maximum absolute atomic E-state index is 13.7. The lowest BCUT2D eigenvalue weighted by atomic mass is 9.89. The summed E-state index contributed by atoms with van der Waals surface area (Å²) in [5.74, 6) is -6.40. The van der Waals surface area contributed by atoms with Crippen LogP contribution in [0.5, 0.6) is 0 Å². The Balaban J connectivity index is 1.53. The number of alkyl halides is 8. The highest BCUT2D eigenvalue weighted by Crippen LogP contribution is 2.41. The van der Waals surface area contributed by atoms with Gasteiger partial charge in [-0.1, -0.05) is 6.07 Å². The lowest BCUT2D eigenvalue weighted by Crippen LogP contribution is -2.52. The minimum atomic E-state index is -5.69. The first-order valence-corrected chi connectivity index (χ1v) is 13.9. The molecule has 0 spiro atoms. The largest absolute Gasteiger partial charge is 0.453 e. The van der Waals surface area contributed by atoms with Crippen molar-refractivity contribution in [2.24, 2.45) is 0 Å². The molecule has 4 rings (SSSR count). The Morgan fingerprint density at radius 2 is 1.62 bits per heavy atom. The number of hydrogen-bond acceptors (Lipinski definition) is 5. The standard InChI is InChI=1S/C27H32F8N4O3/c28-25(29,27(33,34)35)11-2-14-38(17-7-5-16(6-8-17)36-13-12-26(30,31)32)20-4-1-3-18-19(20)15-39(24(18)42)21-9-10-22(40)37-23(21)41/h1,3-4,16-17,21,36H,2,5-15H2,(H,37,40,41). The number of carbonyl (C=O) groups excluding carboxylic acids is 3. The topological polar surface area (TPSA) is 81.8 Å². The van der Waals surface area contributed by atoms with Crippen LogP contribution in [0, 0.1) is 0 Å². The molecule has 3 amide bonds. The third-order valence-corrected chi connectivity index (χ3v) is 8.15. The fraction of sp³-hybridized carbons (Fsp3) is 0.667. The number of piperidine rings is 1. The Kier molecular flexibility index (Phi) is 9.38. The van der Waals surface area contributed by atoms with E-state index in [1.807, 2.05) is 0 Å². The molecule has 234 valence electrons. The number of anilines is 1. The van der Waals surface area contributed by atoms with Gasteiger partial charge >= 0.3 is 18.3 Å². The summed E-state index contributed by atoms with van der Waals surface area (Å²) in [6, 6.07) is 3.34. The average Bonchev–Trinajstić information content (AvgIpc) is 3.22. The van der Waals surface area contributed by atoms with Crippen molar-refractivity contribution in [3.05, 3.63) is 29.3 Å². The SMILES string of the molecule is O=C1CCC(N2Cc3c(cccc3N(CCCC(F)(F)C(F)(F)F)C3CCC(NCCC(F)(F)F)CC3)C2=O)C(=O)N1. The fourth-order valence-corrected chi connectivity index (χ4v) is 5.96. The molecule has 2 N–H and O–H groups in total. The first-order chi connectivity index (χ1) is 19.6. The molecule has 3 aliphatic rings. The number of fused-ring (bicyclic) bond motifs is 1. The van der Waals surface area contributed by atoms with Crippen LogP contribution >= 0.6 is 0 Å². The molecular weight excluding hydrogens is 580 g/mol. The summed E-state index contributed by atoms with van der Waals surface area (Å²) in [4.78, 5) is 40.4. The van der Waals surface area contributed by atoms with Crippen molar-refractivity contribution in [3.8, 4) is 0 Å². The molecule has 1 aliphatic carbocycles. The number of rotatable bonds is 10. The van der Waals surface area contributed by atoms with Crippen molar-refractivity contribution in [2.45, 2.75) is 101 Å². The second-order valence-corrected chi connectivity index (χ2v) is 11.0. The summed E-state index contributed by atoms with van der Waals surface area (Å²) < 4.78 is 103. The van der Waals surface area contributed by atoms with Gasteiger partial charge in [-0.05, 0) is 50.7 Å². The summed E-state index contributed by atoms with van der Waals surface area (Å²) in [7, 11) is 0. The molecule has 0 aromatic heterocycles. The van der Waals surface area contributed by atoms with E-state index in [2.05, 4.69) is 10.6 Å². The van der Waals surface area contributed by atoms with Gasteiger partial charge in [0.2, 0.25) is 11.8 Å². The van der Waals surface area contributed by atoms with Gasteiger partial charge in [0, 0.05) is 61.4 Å². The zero-order valence-corrected chi connectivity index (χ0v) is 22.6. The van der Waals surface area contributed by atoms with Gasteiger partial charge in [-0.15, -0.1) is 0 Å². The lowest BCUT2D eigenvalue weighted by molar-refractivity contribution is -0.284. The Morgan fingerprint density at radius 1 is 0.929 bits per heavy atom. The van der Waals surface area contributed by atoms with Crippen LogP contribution in [0.3, 0.4) is 0 Å². The molecule has 1 aromatic carbocycles. The van der Waals surface area contributed by atoms with E-state index in [1.54, 1.807) is 23.1 Å². The number of benzene rings is 1. The van der Waals surface area contributed by atoms with Gasteiger partial charge in [0.25, 0.3) is 5.91 Å². The van der Waals surface area contributed by atoms with Crippen LogP contribution in [0.4, 0.5) is 40.8 Å². The van der Waals surface area contributed by atoms with Crippen molar-refractivity contribution in [3.63, 3.8) is 0 Å². The predicted octanol–water partition coefficient (Wildman–Crippen LogP) is 5.09. The van der Waals surface area contributed by atoms with E-state index in [9.17, 15) is 49.5 Å². The van der Waals surface area contributed by atoms with Crippen molar-refractivity contribution >= 4 is 23.4 Å². The summed E-state index contributed by atoms with van der Waals surface area (Å²) >= 11 is 0. The highest BCUT2D eigenvalue weighted by molar-refractivity contribution is 6.06. The summed E-state index contributed by atoms with van der Waals surface area (Å²) in [5.41, 5.74) is 1.24. The van der Waals surface area contributed by atoms with Crippen LogP contribution in [-0.4, -0.2) is 72.1 Å². The monoisotopic (exact) mass is 612 g/mol. The first kappa shape index (κ1) is 32.0. The number of nitrogens with one attached hydrogen (secondary N) is 2. The van der Waals surface area contributed by atoms with Gasteiger partial charge in [0.1, 0.15) is 6.04 Å². The molecular formula is C27H32F8N4O3. The van der Waals surface area contributed by atoms with E-state index in [0.717, 1.165) is 0 Å². The molecule has 2 heterocycles. The average molecular weight is 613 g/mol. The lowest BCUT2D eigenvalue weighted by Gasteiger charge is -2.40. The summed E-state index contributed by atoms with van der Waals surface area (Å²) in [6.45, 7) is -0.439. The molecule has 2 aliphatic heterocycles. The summed E-state index contributed by atoms with van der Waals surface area (Å²) in [6.07, 6.45) is -10.9. The molecule has 0 bridgehead atoms. The van der Waals surface area contributed by atoms with Crippen molar-refractivity contribution in [1.82, 2.24) is 15.5 Å². The zero-order valence-electron chi connectivity index (χ0n) is 22.6. The Bertz CT molecular complexity index is 1170. The normalized spacial score (nSPS) is 23.7. The van der Waals surface area contributed by atoms with E-state index in [-0.39, 0.29) is 50.1 Å².